The van der Waals surface area contributed by atoms with E-state index in [-0.39, 0.29) is 0 Å². The summed E-state index contributed by atoms with van der Waals surface area (Å²) in [5.41, 5.74) is 0. The number of rotatable bonds is 3. The number of nitrogens with one attached hydrogen (secondary N) is 1. The molecule has 0 amide bonds. The Morgan fingerprint density at radius 2 is 2.55 bits per heavy atom. The van der Waals surface area contributed by atoms with Gasteiger partial charge in [-0.3, -0.25) is 4.99 Å². The normalized spacial score (nSPS) is 20.3. The summed E-state index contributed by atoms with van der Waals surface area (Å²) in [7, 11) is 0. The summed E-state index contributed by atoms with van der Waals surface area (Å²) in [6, 6.07) is 0. The van der Waals surface area contributed by atoms with Gasteiger partial charge in [0.15, 0.2) is 0 Å². The van der Waals surface area contributed by atoms with E-state index in [1.165, 1.54) is 12.8 Å². The standard InChI is InChI=1S/C9H16N2/c1-2-3-7-10-9-6-4-5-8-11-9/h5,8H,2-4,6-7H2,1H3,(H,10,11). The predicted octanol–water partition coefficient (Wildman–Crippen LogP) is 2.08. The van der Waals surface area contributed by atoms with Gasteiger partial charge in [0.1, 0.15) is 5.84 Å². The van der Waals surface area contributed by atoms with Crippen LogP contribution in [0.3, 0.4) is 0 Å². The first-order chi connectivity index (χ1) is 5.43. The van der Waals surface area contributed by atoms with Crippen LogP contribution in [0.5, 0.6) is 0 Å². The maximum absolute atomic E-state index is 4.43. The van der Waals surface area contributed by atoms with Crippen LogP contribution in [0.4, 0.5) is 0 Å². The molecule has 0 aromatic carbocycles. The van der Waals surface area contributed by atoms with Crippen molar-refractivity contribution >= 4 is 5.84 Å². The molecule has 0 aromatic rings. The Morgan fingerprint density at radius 1 is 1.64 bits per heavy atom. The van der Waals surface area contributed by atoms with Crippen LogP contribution in [0, 0.1) is 0 Å². The number of unbranched alkanes of at least 4 members (excludes halogenated alkanes) is 1. The van der Waals surface area contributed by atoms with Gasteiger partial charge in [-0.15, -0.1) is 0 Å². The highest BCUT2D eigenvalue weighted by molar-refractivity contribution is 5.83. The molecule has 1 aliphatic heterocycles. The minimum atomic E-state index is 0.979. The third-order valence-corrected chi connectivity index (χ3v) is 1.73. The molecule has 0 aliphatic carbocycles. The molecule has 2 heteroatoms. The van der Waals surface area contributed by atoms with Crippen molar-refractivity contribution in [3.63, 3.8) is 0 Å². The van der Waals surface area contributed by atoms with Gasteiger partial charge in [0.25, 0.3) is 0 Å². The van der Waals surface area contributed by atoms with Crippen LogP contribution in [-0.2, 0) is 0 Å². The summed E-state index contributed by atoms with van der Waals surface area (Å²) in [6.45, 7) is 3.17. The van der Waals surface area contributed by atoms with Crippen molar-refractivity contribution in [1.29, 1.82) is 0 Å². The predicted molar refractivity (Wildman–Crippen MR) is 48.7 cm³/mol. The zero-order valence-electron chi connectivity index (χ0n) is 7.14. The number of allylic oxidation sites excluding steroid dienone is 1. The van der Waals surface area contributed by atoms with E-state index in [2.05, 4.69) is 23.3 Å². The summed E-state index contributed by atoms with van der Waals surface area (Å²) in [6.07, 6.45) is 8.77. The fraction of sp³-hybridized carbons (Fsp3) is 0.667. The zero-order valence-corrected chi connectivity index (χ0v) is 7.14. The molecule has 0 spiro atoms. The van der Waals surface area contributed by atoms with Gasteiger partial charge in [0, 0.05) is 13.0 Å². The monoisotopic (exact) mass is 152 g/mol. The number of hydrogen-bond donors (Lipinski definition) is 1. The number of aliphatic imine (C=N–C) groups is 1. The second-order valence-corrected chi connectivity index (χ2v) is 2.77. The van der Waals surface area contributed by atoms with Crippen molar-refractivity contribution in [1.82, 2.24) is 5.32 Å². The van der Waals surface area contributed by atoms with Crippen LogP contribution < -0.4 is 5.32 Å². The van der Waals surface area contributed by atoms with Gasteiger partial charge >= 0.3 is 0 Å². The molecule has 2 nitrogen and oxygen atoms in total. The fourth-order valence-corrected chi connectivity index (χ4v) is 1.03. The van der Waals surface area contributed by atoms with Crippen LogP contribution in [0.1, 0.15) is 32.6 Å². The maximum atomic E-state index is 4.43. The average molecular weight is 152 g/mol. The molecule has 0 aromatic heterocycles. The quantitative estimate of drug-likeness (QED) is 0.615. The Morgan fingerprint density at radius 3 is 3.18 bits per heavy atom. The summed E-state index contributed by atoms with van der Waals surface area (Å²) in [5.74, 6) is 1.15. The van der Waals surface area contributed by atoms with Gasteiger partial charge in [-0.05, 0) is 19.0 Å². The maximum Gasteiger partial charge on any atom is 0.100 e. The van der Waals surface area contributed by atoms with E-state index in [4.69, 9.17) is 0 Å². The first-order valence-electron chi connectivity index (χ1n) is 4.38. The minimum Gasteiger partial charge on any atom is -0.351 e. The second-order valence-electron chi connectivity index (χ2n) is 2.77. The van der Waals surface area contributed by atoms with Crippen LogP contribution in [0.25, 0.3) is 0 Å². The largest absolute Gasteiger partial charge is 0.351 e. The SMILES string of the molecule is CCCCN=C1CCC=CN1. The Balaban J connectivity index is 2.22. The van der Waals surface area contributed by atoms with Crippen molar-refractivity contribution in [2.45, 2.75) is 32.6 Å². The molecule has 1 N–H and O–H groups in total. The van der Waals surface area contributed by atoms with Crippen molar-refractivity contribution in [3.8, 4) is 0 Å². The fourth-order valence-electron chi connectivity index (χ4n) is 1.03. The van der Waals surface area contributed by atoms with Crippen LogP contribution >= 0.6 is 0 Å². The minimum absolute atomic E-state index is 0.979. The summed E-state index contributed by atoms with van der Waals surface area (Å²) in [5, 5.41) is 3.15. The second kappa shape index (κ2) is 4.94. The molecule has 0 fully saturated rings. The lowest BCUT2D eigenvalue weighted by molar-refractivity contribution is 0.797. The molecule has 0 radical (unpaired) electrons. The van der Waals surface area contributed by atoms with Crippen molar-refractivity contribution in [2.75, 3.05) is 6.54 Å². The van der Waals surface area contributed by atoms with Gasteiger partial charge in [-0.2, -0.15) is 0 Å². The molecule has 1 aliphatic rings. The molecule has 1 rings (SSSR count). The van der Waals surface area contributed by atoms with Crippen molar-refractivity contribution in [2.24, 2.45) is 4.99 Å². The molecule has 11 heavy (non-hydrogen) atoms. The van der Waals surface area contributed by atoms with E-state index < -0.39 is 0 Å². The van der Waals surface area contributed by atoms with Crippen molar-refractivity contribution < 1.29 is 0 Å². The highest BCUT2D eigenvalue weighted by Crippen LogP contribution is 1.99. The van der Waals surface area contributed by atoms with E-state index >= 15 is 0 Å². The molecule has 0 saturated carbocycles. The van der Waals surface area contributed by atoms with Crippen LogP contribution in [0.2, 0.25) is 0 Å². The van der Waals surface area contributed by atoms with E-state index in [9.17, 15) is 0 Å². The Hall–Kier alpha value is -0.790. The Kier molecular flexibility index (Phi) is 3.73. The zero-order chi connectivity index (χ0) is 7.94. The lowest BCUT2D eigenvalue weighted by atomic mass is 10.2. The van der Waals surface area contributed by atoms with Crippen molar-refractivity contribution in [3.05, 3.63) is 12.3 Å². The molecular formula is C9H16N2. The smallest absolute Gasteiger partial charge is 0.100 e. The number of amidine groups is 1. The van der Waals surface area contributed by atoms with Gasteiger partial charge in [-0.25, -0.2) is 0 Å². The first kappa shape index (κ1) is 8.31. The topological polar surface area (TPSA) is 24.4 Å². The highest BCUT2D eigenvalue weighted by Gasteiger charge is 1.98. The first-order valence-corrected chi connectivity index (χ1v) is 4.38. The lowest BCUT2D eigenvalue weighted by Crippen LogP contribution is -2.20. The van der Waals surface area contributed by atoms with E-state index in [1.807, 2.05) is 6.20 Å². The number of nitrogens with zero attached hydrogens (tertiary/aromatic N) is 1. The van der Waals surface area contributed by atoms with Crippen LogP contribution in [-0.4, -0.2) is 12.4 Å². The molecule has 0 saturated heterocycles. The van der Waals surface area contributed by atoms with E-state index in [0.29, 0.717) is 0 Å². The molecule has 0 bridgehead atoms. The third-order valence-electron chi connectivity index (χ3n) is 1.73. The molecule has 0 unspecified atom stereocenters. The van der Waals surface area contributed by atoms with E-state index in [1.54, 1.807) is 0 Å². The number of hydrogen-bond acceptors (Lipinski definition) is 1. The average Bonchev–Trinajstić information content (AvgIpc) is 2.07. The summed E-state index contributed by atoms with van der Waals surface area (Å²) < 4.78 is 0. The van der Waals surface area contributed by atoms with Crippen LogP contribution in [0.15, 0.2) is 17.3 Å². The summed E-state index contributed by atoms with van der Waals surface area (Å²) in [4.78, 5) is 4.43. The lowest BCUT2D eigenvalue weighted by Gasteiger charge is -2.08. The molecule has 0 atom stereocenters. The van der Waals surface area contributed by atoms with E-state index in [0.717, 1.165) is 25.2 Å². The highest BCUT2D eigenvalue weighted by atomic mass is 15.0. The molecule has 62 valence electrons. The summed E-state index contributed by atoms with van der Waals surface area (Å²) >= 11 is 0. The Labute approximate surface area is 68.4 Å². The Bertz CT molecular complexity index is 159. The van der Waals surface area contributed by atoms with Gasteiger partial charge in [0.05, 0.1) is 0 Å². The molecular weight excluding hydrogens is 136 g/mol. The van der Waals surface area contributed by atoms with Gasteiger partial charge < -0.3 is 5.32 Å². The van der Waals surface area contributed by atoms with Gasteiger partial charge in [0.2, 0.25) is 0 Å². The van der Waals surface area contributed by atoms with Gasteiger partial charge in [-0.1, -0.05) is 19.4 Å². The third kappa shape index (κ3) is 3.21. The molecule has 1 heterocycles.